The van der Waals surface area contributed by atoms with Crippen molar-refractivity contribution < 1.29 is 23.0 Å². The summed E-state index contributed by atoms with van der Waals surface area (Å²) in [5.74, 6) is 1.63. The van der Waals surface area contributed by atoms with E-state index in [0.717, 1.165) is 11.1 Å². The Hall–Kier alpha value is -2.55. The van der Waals surface area contributed by atoms with Crippen molar-refractivity contribution in [2.24, 2.45) is 0 Å². The Balaban J connectivity index is 1.81. The van der Waals surface area contributed by atoms with E-state index in [4.69, 9.17) is 0 Å². The van der Waals surface area contributed by atoms with E-state index >= 15 is 0 Å². The minimum absolute atomic E-state index is 0.0303. The average Bonchev–Trinajstić information content (AvgIpc) is 2.59. The fourth-order valence-electron chi connectivity index (χ4n) is 3.01. The number of ether oxygens (including phenoxy) is 1. The highest BCUT2D eigenvalue weighted by Crippen LogP contribution is 2.30. The molecular weight excluding hydrogens is 361 g/mol. The van der Waals surface area contributed by atoms with Crippen LogP contribution in [0.4, 0.5) is 24.8 Å². The molecule has 1 aliphatic heterocycles. The highest BCUT2D eigenvalue weighted by Gasteiger charge is 2.31. The number of hydrogen-bond donors (Lipinski definition) is 2. The molecule has 27 heavy (non-hydrogen) atoms. The molecule has 2 N–H and O–H groups in total. The third-order valence-corrected chi connectivity index (χ3v) is 4.24. The van der Waals surface area contributed by atoms with Gasteiger partial charge >= 0.3 is 6.36 Å². The normalized spacial score (nSPS) is 15.3. The number of nitrogens with zero attached hydrogens (tertiary/aromatic N) is 3. The smallest absolute Gasteiger partial charge is 0.406 e. The Morgan fingerprint density at radius 1 is 1.26 bits per heavy atom. The summed E-state index contributed by atoms with van der Waals surface area (Å²) < 4.78 is 41.4. The molecule has 0 amide bonds. The van der Waals surface area contributed by atoms with Gasteiger partial charge in [0, 0.05) is 25.2 Å². The first-order valence-electron chi connectivity index (χ1n) is 8.59. The van der Waals surface area contributed by atoms with E-state index in [2.05, 4.69) is 20.0 Å². The minimum Gasteiger partial charge on any atom is -0.406 e. The van der Waals surface area contributed by atoms with E-state index in [0.29, 0.717) is 37.0 Å². The number of aryl methyl sites for hydroxylation is 1. The number of anilines is 2. The van der Waals surface area contributed by atoms with Crippen molar-refractivity contribution in [1.82, 2.24) is 9.97 Å². The number of benzene rings is 1. The zero-order valence-electron chi connectivity index (χ0n) is 15.0. The average molecular weight is 382 g/mol. The summed E-state index contributed by atoms with van der Waals surface area (Å²) in [5, 5.41) is 12.3. The number of aliphatic hydroxyl groups is 1. The van der Waals surface area contributed by atoms with Gasteiger partial charge in [-0.3, -0.25) is 0 Å². The van der Waals surface area contributed by atoms with Gasteiger partial charge in [0.2, 0.25) is 0 Å². The lowest BCUT2D eigenvalue weighted by Gasteiger charge is -2.30. The lowest BCUT2D eigenvalue weighted by atomic mass is 9.99. The number of alkyl halides is 3. The van der Waals surface area contributed by atoms with Crippen molar-refractivity contribution in [2.45, 2.75) is 39.2 Å². The molecule has 1 atom stereocenters. The summed E-state index contributed by atoms with van der Waals surface area (Å²) in [6, 6.07) is 6.07. The SMILES string of the molecule is Cc1nc(N[C@H](C)CO)cc(N2CCc3ccc(OC(F)(F)F)cc3C2)n1. The molecule has 9 heteroatoms. The summed E-state index contributed by atoms with van der Waals surface area (Å²) in [7, 11) is 0. The number of nitrogens with one attached hydrogen (secondary N) is 1. The maximum atomic E-state index is 12.5. The quantitative estimate of drug-likeness (QED) is 0.828. The van der Waals surface area contributed by atoms with E-state index in [1.807, 2.05) is 11.8 Å². The second-order valence-electron chi connectivity index (χ2n) is 6.54. The van der Waals surface area contributed by atoms with Crippen molar-refractivity contribution in [3.05, 3.63) is 41.2 Å². The van der Waals surface area contributed by atoms with Gasteiger partial charge in [0.25, 0.3) is 0 Å². The van der Waals surface area contributed by atoms with Crippen LogP contribution < -0.4 is 15.0 Å². The zero-order valence-corrected chi connectivity index (χ0v) is 15.0. The lowest BCUT2D eigenvalue weighted by molar-refractivity contribution is -0.274. The highest BCUT2D eigenvalue weighted by atomic mass is 19.4. The third kappa shape index (κ3) is 5.00. The number of fused-ring (bicyclic) bond motifs is 1. The van der Waals surface area contributed by atoms with E-state index in [1.54, 1.807) is 19.1 Å². The Labute approximate surface area is 155 Å². The second kappa shape index (κ2) is 7.59. The van der Waals surface area contributed by atoms with Gasteiger partial charge in [-0.1, -0.05) is 6.07 Å². The van der Waals surface area contributed by atoms with Crippen LogP contribution in [0.25, 0.3) is 0 Å². The van der Waals surface area contributed by atoms with Crippen LogP contribution in [0.2, 0.25) is 0 Å². The van der Waals surface area contributed by atoms with Gasteiger partial charge in [0.1, 0.15) is 23.2 Å². The van der Waals surface area contributed by atoms with Gasteiger partial charge < -0.3 is 20.1 Å². The van der Waals surface area contributed by atoms with Crippen LogP contribution in [0.15, 0.2) is 24.3 Å². The highest BCUT2D eigenvalue weighted by molar-refractivity contribution is 5.52. The number of rotatable bonds is 5. The maximum Gasteiger partial charge on any atom is 0.573 e. The molecule has 146 valence electrons. The molecule has 2 heterocycles. The molecule has 1 aromatic heterocycles. The van der Waals surface area contributed by atoms with Gasteiger partial charge in [0.05, 0.1) is 6.61 Å². The molecule has 0 aliphatic carbocycles. The van der Waals surface area contributed by atoms with Crippen LogP contribution in [0.1, 0.15) is 23.9 Å². The van der Waals surface area contributed by atoms with Crippen molar-refractivity contribution in [3.8, 4) is 5.75 Å². The van der Waals surface area contributed by atoms with Crippen LogP contribution in [0.5, 0.6) is 5.75 Å². The van der Waals surface area contributed by atoms with Crippen LogP contribution in [-0.2, 0) is 13.0 Å². The monoisotopic (exact) mass is 382 g/mol. The summed E-state index contributed by atoms with van der Waals surface area (Å²) in [4.78, 5) is 10.7. The summed E-state index contributed by atoms with van der Waals surface area (Å²) in [6.45, 7) is 4.69. The van der Waals surface area contributed by atoms with Gasteiger partial charge in [0.15, 0.2) is 0 Å². The summed E-state index contributed by atoms with van der Waals surface area (Å²) >= 11 is 0. The van der Waals surface area contributed by atoms with E-state index in [9.17, 15) is 18.3 Å². The van der Waals surface area contributed by atoms with Gasteiger partial charge in [-0.15, -0.1) is 13.2 Å². The van der Waals surface area contributed by atoms with Crippen LogP contribution in [0, 0.1) is 6.92 Å². The fraction of sp³-hybridized carbons (Fsp3) is 0.444. The summed E-state index contributed by atoms with van der Waals surface area (Å²) in [6.07, 6.45) is -4.02. The van der Waals surface area contributed by atoms with Gasteiger partial charge in [-0.2, -0.15) is 0 Å². The second-order valence-corrected chi connectivity index (χ2v) is 6.54. The zero-order chi connectivity index (χ0) is 19.6. The molecule has 6 nitrogen and oxygen atoms in total. The van der Waals surface area contributed by atoms with E-state index < -0.39 is 6.36 Å². The molecule has 0 radical (unpaired) electrons. The van der Waals surface area contributed by atoms with Crippen molar-refractivity contribution in [2.75, 3.05) is 23.4 Å². The van der Waals surface area contributed by atoms with Crippen molar-refractivity contribution in [1.29, 1.82) is 0 Å². The molecule has 0 saturated heterocycles. The van der Waals surface area contributed by atoms with Crippen LogP contribution in [-0.4, -0.2) is 40.6 Å². The third-order valence-electron chi connectivity index (χ3n) is 4.24. The number of aliphatic hydroxyl groups excluding tert-OH is 1. The molecule has 0 spiro atoms. The minimum atomic E-state index is -4.71. The molecule has 0 bridgehead atoms. The van der Waals surface area contributed by atoms with Crippen LogP contribution >= 0.6 is 0 Å². The van der Waals surface area contributed by atoms with E-state index in [-0.39, 0.29) is 18.4 Å². The van der Waals surface area contributed by atoms with Crippen molar-refractivity contribution in [3.63, 3.8) is 0 Å². The molecule has 3 rings (SSSR count). The lowest BCUT2D eigenvalue weighted by Crippen LogP contribution is -2.31. The first-order chi connectivity index (χ1) is 12.7. The molecule has 0 fully saturated rings. The summed E-state index contributed by atoms with van der Waals surface area (Å²) in [5.41, 5.74) is 1.77. The first kappa shape index (κ1) is 19.2. The Bertz CT molecular complexity index is 814. The molecule has 2 aromatic rings. The number of aromatic nitrogens is 2. The van der Waals surface area contributed by atoms with Crippen LogP contribution in [0.3, 0.4) is 0 Å². The molecule has 1 aromatic carbocycles. The number of hydrogen-bond acceptors (Lipinski definition) is 6. The Kier molecular flexibility index (Phi) is 5.41. The number of halogens is 3. The predicted molar refractivity (Wildman–Crippen MR) is 94.8 cm³/mol. The topological polar surface area (TPSA) is 70.5 Å². The standard InChI is InChI=1S/C18H21F3N4O2/c1-11(10-26)22-16-8-17(24-12(2)23-16)25-6-5-13-3-4-15(7-14(13)9-25)27-18(19,20)21/h3-4,7-8,11,26H,5-6,9-10H2,1-2H3,(H,22,23,24)/t11-/m1/s1. The van der Waals surface area contributed by atoms with Crippen molar-refractivity contribution >= 4 is 11.6 Å². The molecule has 0 unspecified atom stereocenters. The fourth-order valence-corrected chi connectivity index (χ4v) is 3.01. The molecule has 1 aliphatic rings. The van der Waals surface area contributed by atoms with E-state index in [1.165, 1.54) is 12.1 Å². The first-order valence-corrected chi connectivity index (χ1v) is 8.59. The molecule has 0 saturated carbocycles. The largest absolute Gasteiger partial charge is 0.573 e. The Morgan fingerprint density at radius 2 is 2.04 bits per heavy atom. The Morgan fingerprint density at radius 3 is 2.74 bits per heavy atom. The predicted octanol–water partition coefficient (Wildman–Crippen LogP) is 3.04. The van der Waals surface area contributed by atoms with Gasteiger partial charge in [-0.05, 0) is 43.5 Å². The maximum absolute atomic E-state index is 12.5. The molecular formula is C18H21F3N4O2. The van der Waals surface area contributed by atoms with Gasteiger partial charge in [-0.25, -0.2) is 9.97 Å².